The molecular formula is C14H17N6O. The van der Waals surface area contributed by atoms with E-state index in [2.05, 4.69) is 25.9 Å². The molecule has 0 amide bonds. The molecule has 1 saturated heterocycles. The van der Waals surface area contributed by atoms with Gasteiger partial charge in [0.1, 0.15) is 0 Å². The number of anilines is 2. The van der Waals surface area contributed by atoms with Crippen LogP contribution in [0.3, 0.4) is 0 Å². The smallest absolute Gasteiger partial charge is 0.224 e. The molecule has 2 aliphatic rings. The van der Waals surface area contributed by atoms with Gasteiger partial charge in [0.05, 0.1) is 19.0 Å². The number of nitrogen functional groups attached to an aromatic ring is 1. The van der Waals surface area contributed by atoms with Crippen LogP contribution in [0.5, 0.6) is 0 Å². The summed E-state index contributed by atoms with van der Waals surface area (Å²) in [6, 6.07) is 0.132. The zero-order valence-electron chi connectivity index (χ0n) is 11.6. The Kier molecular flexibility index (Phi) is 2.81. The summed E-state index contributed by atoms with van der Waals surface area (Å²) in [5.74, 6) is 1.19. The first-order chi connectivity index (χ1) is 10.3. The molecule has 3 heterocycles. The van der Waals surface area contributed by atoms with Crippen LogP contribution >= 0.6 is 0 Å². The molecule has 0 bridgehead atoms. The Labute approximate surface area is 122 Å². The quantitative estimate of drug-likeness (QED) is 0.854. The van der Waals surface area contributed by atoms with Crippen LogP contribution in [0.1, 0.15) is 18.9 Å². The number of imidazole rings is 1. The highest BCUT2D eigenvalue weighted by Gasteiger charge is 2.26. The van der Waals surface area contributed by atoms with Gasteiger partial charge in [0.25, 0.3) is 0 Å². The SMILES string of the molecule is Nc1nc(N2CCC2)c2ncn([C@H]3C=C[C@@H](C[O])C3)c2n1. The number of nitrogens with zero attached hydrogens (tertiary/aromatic N) is 5. The van der Waals surface area contributed by atoms with Gasteiger partial charge in [-0.25, -0.2) is 10.1 Å². The maximum atomic E-state index is 11.0. The normalized spacial score (nSPS) is 24.7. The summed E-state index contributed by atoms with van der Waals surface area (Å²) in [5, 5.41) is 11.0. The van der Waals surface area contributed by atoms with Crippen molar-refractivity contribution in [2.24, 2.45) is 5.92 Å². The van der Waals surface area contributed by atoms with E-state index in [1.165, 1.54) is 6.42 Å². The molecule has 1 fully saturated rings. The average Bonchev–Trinajstić information content (AvgIpc) is 3.01. The average molecular weight is 285 g/mol. The lowest BCUT2D eigenvalue weighted by Crippen LogP contribution is -2.38. The molecule has 7 heteroatoms. The van der Waals surface area contributed by atoms with Gasteiger partial charge in [-0.1, -0.05) is 12.2 Å². The first-order valence-electron chi connectivity index (χ1n) is 7.27. The Balaban J connectivity index is 1.77. The highest BCUT2D eigenvalue weighted by Crippen LogP contribution is 2.33. The van der Waals surface area contributed by atoms with Crippen molar-refractivity contribution in [3.63, 3.8) is 0 Å². The third-order valence-electron chi connectivity index (χ3n) is 4.30. The highest BCUT2D eigenvalue weighted by atomic mass is 16.3. The minimum Gasteiger partial charge on any atom is -0.368 e. The van der Waals surface area contributed by atoms with Gasteiger partial charge in [-0.15, -0.1) is 0 Å². The van der Waals surface area contributed by atoms with E-state index in [1.807, 2.05) is 10.6 Å². The van der Waals surface area contributed by atoms with E-state index in [0.29, 0.717) is 0 Å². The Bertz CT molecular complexity index is 705. The molecule has 4 rings (SSSR count). The standard InChI is InChI=1S/C14H17N6O/c15-14-17-12(19-4-1-5-19)11-13(18-14)20(8-16-11)10-3-2-9(6-10)7-21/h2-3,8-10H,1,4-7H2,(H2,15,17,18)/t9-,10+/m1/s1. The van der Waals surface area contributed by atoms with E-state index >= 15 is 0 Å². The van der Waals surface area contributed by atoms with Gasteiger partial charge in [0, 0.05) is 19.0 Å². The van der Waals surface area contributed by atoms with E-state index < -0.39 is 0 Å². The van der Waals surface area contributed by atoms with Crippen LogP contribution in [0.25, 0.3) is 11.2 Å². The van der Waals surface area contributed by atoms with Crippen LogP contribution in [-0.2, 0) is 5.11 Å². The Morgan fingerprint density at radius 2 is 2.14 bits per heavy atom. The third-order valence-corrected chi connectivity index (χ3v) is 4.30. The predicted octanol–water partition coefficient (Wildman–Crippen LogP) is 1.17. The maximum absolute atomic E-state index is 11.0. The van der Waals surface area contributed by atoms with Gasteiger partial charge >= 0.3 is 0 Å². The molecule has 1 radical (unpaired) electrons. The summed E-state index contributed by atoms with van der Waals surface area (Å²) >= 11 is 0. The number of allylic oxidation sites excluding steroid dienone is 1. The molecular weight excluding hydrogens is 268 g/mol. The van der Waals surface area contributed by atoms with Crippen molar-refractivity contribution in [3.05, 3.63) is 18.5 Å². The summed E-state index contributed by atoms with van der Waals surface area (Å²) < 4.78 is 2.00. The number of rotatable bonds is 3. The second kappa shape index (κ2) is 4.70. The number of nitrogens with two attached hydrogens (primary N) is 1. The van der Waals surface area contributed by atoms with E-state index in [4.69, 9.17) is 5.73 Å². The Hall–Kier alpha value is -2.15. The molecule has 2 atom stereocenters. The molecule has 21 heavy (non-hydrogen) atoms. The lowest BCUT2D eigenvalue weighted by molar-refractivity contribution is 0.158. The topological polar surface area (TPSA) is 92.8 Å². The van der Waals surface area contributed by atoms with Crippen LogP contribution in [0.15, 0.2) is 18.5 Å². The van der Waals surface area contributed by atoms with E-state index in [1.54, 1.807) is 6.33 Å². The van der Waals surface area contributed by atoms with E-state index in [9.17, 15) is 5.11 Å². The highest BCUT2D eigenvalue weighted by molar-refractivity contribution is 5.85. The lowest BCUT2D eigenvalue weighted by atomic mass is 10.1. The van der Waals surface area contributed by atoms with Crippen molar-refractivity contribution in [1.29, 1.82) is 0 Å². The molecule has 7 nitrogen and oxygen atoms in total. The second-order valence-electron chi connectivity index (χ2n) is 5.68. The summed E-state index contributed by atoms with van der Waals surface area (Å²) in [4.78, 5) is 15.4. The van der Waals surface area contributed by atoms with Crippen molar-refractivity contribution >= 4 is 22.9 Å². The molecule has 0 aromatic carbocycles. The van der Waals surface area contributed by atoms with Crippen LogP contribution in [-0.4, -0.2) is 39.2 Å². The van der Waals surface area contributed by atoms with Crippen LogP contribution in [0, 0.1) is 5.92 Å². The second-order valence-corrected chi connectivity index (χ2v) is 5.68. The fourth-order valence-corrected chi connectivity index (χ4v) is 2.99. The van der Waals surface area contributed by atoms with Crippen molar-refractivity contribution in [2.75, 3.05) is 30.3 Å². The van der Waals surface area contributed by atoms with Crippen molar-refractivity contribution in [3.8, 4) is 0 Å². The lowest BCUT2D eigenvalue weighted by Gasteiger charge is -2.32. The maximum Gasteiger partial charge on any atom is 0.224 e. The number of fused-ring (bicyclic) bond motifs is 1. The minimum absolute atomic E-state index is 0.0736. The first-order valence-corrected chi connectivity index (χ1v) is 7.27. The Morgan fingerprint density at radius 3 is 2.81 bits per heavy atom. The van der Waals surface area contributed by atoms with Crippen LogP contribution in [0.4, 0.5) is 11.8 Å². The van der Waals surface area contributed by atoms with E-state index in [0.717, 1.165) is 36.5 Å². The van der Waals surface area contributed by atoms with E-state index in [-0.39, 0.29) is 24.5 Å². The zero-order chi connectivity index (χ0) is 14.4. The summed E-state index contributed by atoms with van der Waals surface area (Å²) in [7, 11) is 0. The molecule has 1 aliphatic heterocycles. The number of hydrogen-bond donors (Lipinski definition) is 1. The molecule has 0 saturated carbocycles. The number of aromatic nitrogens is 4. The van der Waals surface area contributed by atoms with Gasteiger partial charge in [-0.3, -0.25) is 0 Å². The zero-order valence-corrected chi connectivity index (χ0v) is 11.6. The minimum atomic E-state index is -0.0736. The van der Waals surface area contributed by atoms with Gasteiger partial charge in [-0.2, -0.15) is 9.97 Å². The largest absolute Gasteiger partial charge is 0.368 e. The molecule has 2 N–H and O–H groups in total. The fraction of sp³-hybridized carbons (Fsp3) is 0.500. The van der Waals surface area contributed by atoms with Gasteiger partial charge in [0.2, 0.25) is 5.95 Å². The summed E-state index contributed by atoms with van der Waals surface area (Å²) in [5.41, 5.74) is 7.41. The molecule has 0 spiro atoms. The summed E-state index contributed by atoms with van der Waals surface area (Å²) in [6.07, 6.45) is 7.81. The van der Waals surface area contributed by atoms with Gasteiger partial charge < -0.3 is 15.2 Å². The third kappa shape index (κ3) is 1.96. The van der Waals surface area contributed by atoms with Crippen molar-refractivity contribution < 1.29 is 5.11 Å². The van der Waals surface area contributed by atoms with Crippen molar-refractivity contribution in [2.45, 2.75) is 18.9 Å². The summed E-state index contributed by atoms with van der Waals surface area (Å²) in [6.45, 7) is 1.90. The molecule has 0 unspecified atom stereocenters. The Morgan fingerprint density at radius 1 is 1.29 bits per heavy atom. The molecule has 1 aliphatic carbocycles. The van der Waals surface area contributed by atoms with Gasteiger partial charge in [-0.05, 0) is 12.8 Å². The fourth-order valence-electron chi connectivity index (χ4n) is 2.99. The monoisotopic (exact) mass is 285 g/mol. The first kappa shape index (κ1) is 12.6. The molecule has 2 aromatic heterocycles. The van der Waals surface area contributed by atoms with Crippen LogP contribution in [0.2, 0.25) is 0 Å². The molecule has 109 valence electrons. The predicted molar refractivity (Wildman–Crippen MR) is 78.4 cm³/mol. The molecule has 2 aromatic rings. The number of hydrogen-bond acceptors (Lipinski definition) is 5. The van der Waals surface area contributed by atoms with Crippen molar-refractivity contribution in [1.82, 2.24) is 19.5 Å². The van der Waals surface area contributed by atoms with Gasteiger partial charge in [0.15, 0.2) is 17.0 Å². The van der Waals surface area contributed by atoms with Crippen LogP contribution < -0.4 is 10.6 Å².